The van der Waals surface area contributed by atoms with Crippen molar-refractivity contribution >= 4 is 35.8 Å². The van der Waals surface area contributed by atoms with Crippen molar-refractivity contribution < 1.29 is 14.0 Å². The number of carbonyl (C=O) groups excluding carboxylic acids is 2. The second-order valence-electron chi connectivity index (χ2n) is 6.48. The van der Waals surface area contributed by atoms with Gasteiger partial charge < -0.3 is 15.5 Å². The molecule has 2 atom stereocenters. The largest absolute Gasteiger partial charge is 0.339 e. The van der Waals surface area contributed by atoms with Crippen LogP contribution in [-0.4, -0.2) is 53.8 Å². The first kappa shape index (κ1) is 19.9. The van der Waals surface area contributed by atoms with Gasteiger partial charge >= 0.3 is 0 Å². The smallest absolute Gasteiger partial charge is 0.258 e. The average molecular weight is 390 g/mol. The van der Waals surface area contributed by atoms with E-state index in [-0.39, 0.29) is 40.9 Å². The molecule has 2 unspecified atom stereocenters. The third-order valence-electron chi connectivity index (χ3n) is 4.88. The van der Waals surface area contributed by atoms with Gasteiger partial charge in [-0.15, -0.1) is 12.4 Å². The highest BCUT2D eigenvalue weighted by Crippen LogP contribution is 2.27. The number of carbonyl (C=O) groups is 2. The first-order valence-electron chi connectivity index (χ1n) is 8.25. The minimum atomic E-state index is -0.619. The molecule has 1 heterocycles. The van der Waals surface area contributed by atoms with E-state index in [0.29, 0.717) is 26.2 Å². The molecule has 1 aromatic rings. The molecular formula is C17H22Cl2FN3O2. The van der Waals surface area contributed by atoms with Crippen LogP contribution in [0.2, 0.25) is 5.02 Å². The molecule has 0 bridgehead atoms. The molecule has 138 valence electrons. The van der Waals surface area contributed by atoms with Crippen LogP contribution >= 0.6 is 24.0 Å². The van der Waals surface area contributed by atoms with Gasteiger partial charge in [-0.1, -0.05) is 17.7 Å². The summed E-state index contributed by atoms with van der Waals surface area (Å²) < 4.78 is 13.9. The molecule has 3 rings (SSSR count). The van der Waals surface area contributed by atoms with Gasteiger partial charge in [-0.25, -0.2) is 4.39 Å². The van der Waals surface area contributed by atoms with Gasteiger partial charge in [0.1, 0.15) is 5.82 Å². The van der Waals surface area contributed by atoms with Gasteiger partial charge in [0.15, 0.2) is 0 Å². The Kier molecular flexibility index (Phi) is 6.65. The van der Waals surface area contributed by atoms with Gasteiger partial charge in [0.2, 0.25) is 5.91 Å². The van der Waals surface area contributed by atoms with Crippen molar-refractivity contribution in [3.8, 4) is 0 Å². The van der Waals surface area contributed by atoms with Crippen molar-refractivity contribution in [2.75, 3.05) is 26.2 Å². The maximum absolute atomic E-state index is 13.9. The molecule has 2 amide bonds. The Hall–Kier alpha value is -1.37. The average Bonchev–Trinajstić information content (AvgIpc) is 3.00. The number of hydrogen-bond donors (Lipinski definition) is 1. The SMILES string of the molecule is Cl.NC1CCC(C(=O)N2CCN(C(=O)c3c(F)cccc3Cl)CC2)C1. The summed E-state index contributed by atoms with van der Waals surface area (Å²) >= 11 is 5.96. The molecule has 25 heavy (non-hydrogen) atoms. The highest BCUT2D eigenvalue weighted by Gasteiger charge is 2.33. The van der Waals surface area contributed by atoms with Crippen molar-refractivity contribution in [2.45, 2.75) is 25.3 Å². The van der Waals surface area contributed by atoms with Crippen LogP contribution in [-0.2, 0) is 4.79 Å². The van der Waals surface area contributed by atoms with Gasteiger partial charge in [0.25, 0.3) is 5.91 Å². The monoisotopic (exact) mass is 389 g/mol. The Morgan fingerprint density at radius 2 is 1.76 bits per heavy atom. The summed E-state index contributed by atoms with van der Waals surface area (Å²) in [6, 6.07) is 4.31. The number of nitrogens with two attached hydrogens (primary N) is 1. The summed E-state index contributed by atoms with van der Waals surface area (Å²) in [7, 11) is 0. The lowest BCUT2D eigenvalue weighted by molar-refractivity contribution is -0.136. The summed E-state index contributed by atoms with van der Waals surface area (Å²) in [6.45, 7) is 1.69. The Morgan fingerprint density at radius 3 is 2.32 bits per heavy atom. The molecule has 1 aromatic carbocycles. The summed E-state index contributed by atoms with van der Waals surface area (Å²) in [6.07, 6.45) is 2.47. The molecule has 2 fully saturated rings. The van der Waals surface area contributed by atoms with Crippen molar-refractivity contribution in [3.63, 3.8) is 0 Å². The fraction of sp³-hybridized carbons (Fsp3) is 0.529. The van der Waals surface area contributed by atoms with E-state index in [1.165, 1.54) is 18.2 Å². The van der Waals surface area contributed by atoms with Crippen LogP contribution in [0.1, 0.15) is 29.6 Å². The molecule has 1 saturated heterocycles. The lowest BCUT2D eigenvalue weighted by Gasteiger charge is -2.36. The Morgan fingerprint density at radius 1 is 1.12 bits per heavy atom. The van der Waals surface area contributed by atoms with Gasteiger partial charge in [0, 0.05) is 38.1 Å². The quantitative estimate of drug-likeness (QED) is 0.843. The van der Waals surface area contributed by atoms with Crippen LogP contribution in [0.15, 0.2) is 18.2 Å². The predicted molar refractivity (Wildman–Crippen MR) is 96.5 cm³/mol. The van der Waals surface area contributed by atoms with Crippen molar-refractivity contribution in [1.82, 2.24) is 9.80 Å². The molecular weight excluding hydrogens is 368 g/mol. The predicted octanol–water partition coefficient (Wildman–Crippen LogP) is 2.31. The van der Waals surface area contributed by atoms with Crippen molar-refractivity contribution in [3.05, 3.63) is 34.6 Å². The molecule has 0 radical (unpaired) electrons. The summed E-state index contributed by atoms with van der Waals surface area (Å²) in [5, 5.41) is 0.110. The standard InChI is InChI=1S/C17H21ClFN3O2.ClH/c18-13-2-1-3-14(19)15(13)17(24)22-8-6-21(7-9-22)16(23)11-4-5-12(20)10-11;/h1-3,11-12H,4-10,20H2;1H. The number of nitrogens with zero attached hydrogens (tertiary/aromatic N) is 2. The Labute approximate surface area is 157 Å². The van der Waals surface area contributed by atoms with Gasteiger partial charge in [-0.2, -0.15) is 0 Å². The van der Waals surface area contributed by atoms with E-state index in [1.807, 2.05) is 0 Å². The van der Waals surface area contributed by atoms with Crippen molar-refractivity contribution in [2.24, 2.45) is 11.7 Å². The maximum atomic E-state index is 13.9. The van der Waals surface area contributed by atoms with Crippen LogP contribution < -0.4 is 5.73 Å². The molecule has 1 aliphatic carbocycles. The number of rotatable bonds is 2. The zero-order valence-corrected chi connectivity index (χ0v) is 15.4. The van der Waals surface area contributed by atoms with Crippen LogP contribution in [0, 0.1) is 11.7 Å². The number of amides is 2. The van der Waals surface area contributed by atoms with E-state index >= 15 is 0 Å². The third-order valence-corrected chi connectivity index (χ3v) is 5.19. The topological polar surface area (TPSA) is 66.6 Å². The normalized spacial score (nSPS) is 23.3. The fourth-order valence-corrected chi connectivity index (χ4v) is 3.73. The zero-order chi connectivity index (χ0) is 17.3. The van der Waals surface area contributed by atoms with Crippen molar-refractivity contribution in [1.29, 1.82) is 0 Å². The van der Waals surface area contributed by atoms with Gasteiger partial charge in [-0.3, -0.25) is 9.59 Å². The lowest BCUT2D eigenvalue weighted by Crippen LogP contribution is -2.52. The summed E-state index contributed by atoms with van der Waals surface area (Å²) in [4.78, 5) is 28.3. The van der Waals surface area contributed by atoms with E-state index in [9.17, 15) is 14.0 Å². The molecule has 8 heteroatoms. The maximum Gasteiger partial charge on any atom is 0.258 e. The first-order chi connectivity index (χ1) is 11.5. The fourth-order valence-electron chi connectivity index (χ4n) is 3.49. The number of hydrogen-bond acceptors (Lipinski definition) is 3. The van der Waals surface area contributed by atoms with Gasteiger partial charge in [-0.05, 0) is 31.4 Å². The minimum absolute atomic E-state index is 0. The zero-order valence-electron chi connectivity index (χ0n) is 13.8. The van der Waals surface area contributed by atoms with Crippen LogP contribution in [0.4, 0.5) is 4.39 Å². The van der Waals surface area contributed by atoms with Crippen LogP contribution in [0.3, 0.4) is 0 Å². The van der Waals surface area contributed by atoms with E-state index in [4.69, 9.17) is 17.3 Å². The molecule has 1 saturated carbocycles. The number of piperazine rings is 1. The van der Waals surface area contributed by atoms with Crippen LogP contribution in [0.5, 0.6) is 0 Å². The third kappa shape index (κ3) is 4.25. The molecule has 2 N–H and O–H groups in total. The molecule has 1 aliphatic heterocycles. The van der Waals surface area contributed by atoms with Gasteiger partial charge in [0.05, 0.1) is 10.6 Å². The minimum Gasteiger partial charge on any atom is -0.339 e. The summed E-state index contributed by atoms with van der Waals surface area (Å²) in [5.74, 6) is -0.915. The van der Waals surface area contributed by atoms with E-state index in [1.54, 1.807) is 9.80 Å². The Balaban J connectivity index is 0.00000225. The lowest BCUT2D eigenvalue weighted by atomic mass is 10.1. The number of halogens is 3. The van der Waals surface area contributed by atoms with E-state index in [0.717, 1.165) is 19.3 Å². The first-order valence-corrected chi connectivity index (χ1v) is 8.63. The molecule has 5 nitrogen and oxygen atoms in total. The molecule has 2 aliphatic rings. The van der Waals surface area contributed by atoms with E-state index in [2.05, 4.69) is 0 Å². The highest BCUT2D eigenvalue weighted by atomic mass is 35.5. The Bertz CT molecular complexity index is 631. The molecule has 0 spiro atoms. The highest BCUT2D eigenvalue weighted by molar-refractivity contribution is 6.33. The van der Waals surface area contributed by atoms with E-state index < -0.39 is 11.7 Å². The van der Waals surface area contributed by atoms with Crippen LogP contribution in [0.25, 0.3) is 0 Å². The molecule has 0 aromatic heterocycles. The second kappa shape index (κ2) is 8.34. The second-order valence-corrected chi connectivity index (χ2v) is 6.89. The number of benzene rings is 1. The summed E-state index contributed by atoms with van der Waals surface area (Å²) in [5.41, 5.74) is 5.78.